The lowest BCUT2D eigenvalue weighted by molar-refractivity contribution is -0.123. The fraction of sp³-hybridized carbons (Fsp3) is 0.111. The van der Waals surface area contributed by atoms with Gasteiger partial charge in [-0.1, -0.05) is 45.2 Å². The molecule has 1 aliphatic rings. The van der Waals surface area contributed by atoms with Gasteiger partial charge in [0.25, 0.3) is 11.1 Å². The zero-order valence-corrected chi connectivity index (χ0v) is 17.4. The Kier molecular flexibility index (Phi) is 5.97. The van der Waals surface area contributed by atoms with Crippen molar-refractivity contribution in [2.75, 3.05) is 7.11 Å². The Morgan fingerprint density at radius 2 is 1.88 bits per heavy atom. The number of thioether (sulfide) groups is 1. The third kappa shape index (κ3) is 3.93. The number of imide groups is 1. The average molecular weight is 473 g/mol. The molecule has 0 atom stereocenters. The summed E-state index contributed by atoms with van der Waals surface area (Å²) >= 11 is 16.6. The van der Waals surface area contributed by atoms with E-state index in [0.29, 0.717) is 31.8 Å². The lowest BCUT2D eigenvalue weighted by Gasteiger charge is -2.14. The summed E-state index contributed by atoms with van der Waals surface area (Å²) in [6.45, 7) is 0.0239. The first kappa shape index (κ1) is 19.3. The van der Waals surface area contributed by atoms with E-state index in [4.69, 9.17) is 27.9 Å². The van der Waals surface area contributed by atoms with E-state index >= 15 is 0 Å². The zero-order valence-electron chi connectivity index (χ0n) is 13.5. The Morgan fingerprint density at radius 1 is 1.19 bits per heavy atom. The molecule has 2 amide bonds. The third-order valence-corrected chi connectivity index (χ3v) is 5.84. The maximum absolute atomic E-state index is 12.7. The molecule has 0 aliphatic carbocycles. The van der Waals surface area contributed by atoms with Crippen LogP contribution in [0.4, 0.5) is 4.79 Å². The van der Waals surface area contributed by atoms with Crippen LogP contribution in [0.2, 0.25) is 10.0 Å². The zero-order chi connectivity index (χ0) is 18.8. The van der Waals surface area contributed by atoms with Crippen LogP contribution in [-0.2, 0) is 11.3 Å². The number of halogens is 3. The van der Waals surface area contributed by atoms with Crippen LogP contribution in [0, 0.1) is 0 Å². The van der Waals surface area contributed by atoms with Gasteiger partial charge in [0.1, 0.15) is 5.75 Å². The Hall–Kier alpha value is -1.47. The summed E-state index contributed by atoms with van der Waals surface area (Å²) in [6.07, 6.45) is 1.64. The maximum atomic E-state index is 12.7. The summed E-state index contributed by atoms with van der Waals surface area (Å²) in [5.41, 5.74) is 1.24. The first-order chi connectivity index (χ1) is 12.4. The summed E-state index contributed by atoms with van der Waals surface area (Å²) in [7, 11) is 1.55. The molecule has 134 valence electrons. The van der Waals surface area contributed by atoms with E-state index in [0.717, 1.165) is 21.1 Å². The minimum atomic E-state index is -0.391. The highest BCUT2D eigenvalue weighted by Crippen LogP contribution is 2.37. The number of ether oxygens (including phenoxy) is 1. The smallest absolute Gasteiger partial charge is 0.293 e. The summed E-state index contributed by atoms with van der Waals surface area (Å²) in [5, 5.41) is 0.453. The van der Waals surface area contributed by atoms with E-state index in [-0.39, 0.29) is 11.8 Å². The molecule has 0 aromatic heterocycles. The van der Waals surface area contributed by atoms with Crippen molar-refractivity contribution in [2.24, 2.45) is 0 Å². The molecule has 3 rings (SSSR count). The van der Waals surface area contributed by atoms with E-state index < -0.39 is 5.91 Å². The molecular weight excluding hydrogens is 461 g/mol. The van der Waals surface area contributed by atoms with Gasteiger partial charge < -0.3 is 4.74 Å². The van der Waals surface area contributed by atoms with Crippen LogP contribution in [0.15, 0.2) is 45.8 Å². The Balaban J connectivity index is 1.91. The molecule has 4 nitrogen and oxygen atoms in total. The maximum Gasteiger partial charge on any atom is 0.293 e. The lowest BCUT2D eigenvalue weighted by atomic mass is 10.1. The second-order valence-electron chi connectivity index (χ2n) is 5.35. The van der Waals surface area contributed by atoms with E-state index in [1.807, 2.05) is 12.1 Å². The van der Waals surface area contributed by atoms with Crippen molar-refractivity contribution in [1.82, 2.24) is 4.90 Å². The molecule has 0 spiro atoms. The lowest BCUT2D eigenvalue weighted by Crippen LogP contribution is -2.27. The predicted molar refractivity (Wildman–Crippen MR) is 109 cm³/mol. The molecule has 2 aromatic rings. The van der Waals surface area contributed by atoms with E-state index in [1.54, 1.807) is 37.5 Å². The standard InChI is InChI=1S/C18H12BrCl2NO3S/c1-25-15-6-5-11(19)7-10(15)8-16-17(23)22(18(24)26-16)9-12-13(20)3-2-4-14(12)21/h2-8H,9H2,1H3/b16-8-. The van der Waals surface area contributed by atoms with Crippen molar-refractivity contribution in [3.63, 3.8) is 0 Å². The van der Waals surface area contributed by atoms with Gasteiger partial charge in [-0.2, -0.15) is 0 Å². The first-order valence-corrected chi connectivity index (χ1v) is 9.79. The number of rotatable bonds is 4. The minimum absolute atomic E-state index is 0.0239. The van der Waals surface area contributed by atoms with Gasteiger partial charge in [-0.3, -0.25) is 14.5 Å². The highest BCUT2D eigenvalue weighted by molar-refractivity contribution is 9.10. The molecule has 2 aromatic carbocycles. The van der Waals surface area contributed by atoms with Crippen LogP contribution in [0.25, 0.3) is 6.08 Å². The van der Waals surface area contributed by atoms with Gasteiger partial charge in [-0.25, -0.2) is 0 Å². The molecule has 1 heterocycles. The number of carbonyl (C=O) groups is 2. The summed E-state index contributed by atoms with van der Waals surface area (Å²) in [5.74, 6) is 0.215. The average Bonchev–Trinajstić information content (AvgIpc) is 2.85. The van der Waals surface area contributed by atoms with Crippen LogP contribution in [0.1, 0.15) is 11.1 Å². The Morgan fingerprint density at radius 3 is 2.54 bits per heavy atom. The molecular formula is C18H12BrCl2NO3S. The molecule has 0 saturated carbocycles. The molecule has 26 heavy (non-hydrogen) atoms. The van der Waals surface area contributed by atoms with Gasteiger partial charge >= 0.3 is 0 Å². The highest BCUT2D eigenvalue weighted by atomic mass is 79.9. The van der Waals surface area contributed by atoms with Gasteiger partial charge in [0, 0.05) is 25.6 Å². The monoisotopic (exact) mass is 471 g/mol. The van der Waals surface area contributed by atoms with Crippen molar-refractivity contribution in [1.29, 1.82) is 0 Å². The van der Waals surface area contributed by atoms with Crippen LogP contribution in [-0.4, -0.2) is 23.2 Å². The van der Waals surface area contributed by atoms with Crippen molar-refractivity contribution in [3.8, 4) is 5.75 Å². The molecule has 1 aliphatic heterocycles. The number of nitrogens with zero attached hydrogens (tertiary/aromatic N) is 1. The minimum Gasteiger partial charge on any atom is -0.496 e. The summed E-state index contributed by atoms with van der Waals surface area (Å²) in [6, 6.07) is 10.5. The van der Waals surface area contributed by atoms with Gasteiger partial charge in [0.05, 0.1) is 18.6 Å². The molecule has 0 radical (unpaired) electrons. The van der Waals surface area contributed by atoms with Gasteiger partial charge in [0.15, 0.2) is 0 Å². The predicted octanol–water partition coefficient (Wildman–Crippen LogP) is 6.00. The third-order valence-electron chi connectivity index (χ3n) is 3.73. The number of benzene rings is 2. The van der Waals surface area contributed by atoms with Crippen molar-refractivity contribution >= 4 is 68.1 Å². The van der Waals surface area contributed by atoms with Crippen LogP contribution >= 0.6 is 50.9 Å². The Labute approximate surface area is 173 Å². The first-order valence-electron chi connectivity index (χ1n) is 7.42. The van der Waals surface area contributed by atoms with Gasteiger partial charge in [-0.05, 0) is 48.2 Å². The molecule has 0 N–H and O–H groups in total. The second kappa shape index (κ2) is 8.05. The number of amides is 2. The largest absolute Gasteiger partial charge is 0.496 e. The molecule has 0 unspecified atom stereocenters. The van der Waals surface area contributed by atoms with Gasteiger partial charge in [-0.15, -0.1) is 0 Å². The summed E-state index contributed by atoms with van der Waals surface area (Å²) in [4.78, 5) is 26.5. The Bertz CT molecular complexity index is 912. The van der Waals surface area contributed by atoms with Crippen molar-refractivity contribution < 1.29 is 14.3 Å². The van der Waals surface area contributed by atoms with Crippen molar-refractivity contribution in [3.05, 3.63) is 66.9 Å². The SMILES string of the molecule is COc1ccc(Br)cc1/C=C1\SC(=O)N(Cc2c(Cl)cccc2Cl)C1=O. The van der Waals surface area contributed by atoms with Gasteiger partial charge in [0.2, 0.25) is 0 Å². The number of hydrogen-bond donors (Lipinski definition) is 0. The quantitative estimate of drug-likeness (QED) is 0.512. The fourth-order valence-corrected chi connectivity index (χ4v) is 4.16. The van der Waals surface area contributed by atoms with E-state index in [9.17, 15) is 9.59 Å². The molecule has 1 saturated heterocycles. The van der Waals surface area contributed by atoms with Crippen molar-refractivity contribution in [2.45, 2.75) is 6.54 Å². The number of carbonyl (C=O) groups excluding carboxylic acids is 2. The van der Waals surface area contributed by atoms with Crippen LogP contribution in [0.5, 0.6) is 5.75 Å². The topological polar surface area (TPSA) is 46.6 Å². The molecule has 0 bridgehead atoms. The fourth-order valence-electron chi connectivity index (χ4n) is 2.44. The normalized spacial score (nSPS) is 15.8. The van der Waals surface area contributed by atoms with E-state index in [1.165, 1.54) is 0 Å². The number of methoxy groups -OCH3 is 1. The number of hydrogen-bond acceptors (Lipinski definition) is 4. The second-order valence-corrected chi connectivity index (χ2v) is 8.08. The molecule has 1 fully saturated rings. The highest BCUT2D eigenvalue weighted by Gasteiger charge is 2.35. The van der Waals surface area contributed by atoms with Crippen LogP contribution < -0.4 is 4.74 Å². The summed E-state index contributed by atoms with van der Waals surface area (Å²) < 4.78 is 6.15. The van der Waals surface area contributed by atoms with E-state index in [2.05, 4.69) is 15.9 Å². The molecule has 8 heteroatoms. The van der Waals surface area contributed by atoms with Crippen LogP contribution in [0.3, 0.4) is 0 Å².